The van der Waals surface area contributed by atoms with Gasteiger partial charge in [0.1, 0.15) is 0 Å². The summed E-state index contributed by atoms with van der Waals surface area (Å²) >= 11 is 0. The fourth-order valence-corrected chi connectivity index (χ4v) is 1.71. The Morgan fingerprint density at radius 1 is 1.53 bits per heavy atom. The number of nitrogens with zero attached hydrogens (tertiary/aromatic N) is 1. The third kappa shape index (κ3) is 4.11. The highest BCUT2D eigenvalue weighted by Crippen LogP contribution is 2.17. The van der Waals surface area contributed by atoms with Gasteiger partial charge in [-0.05, 0) is 25.0 Å². The van der Waals surface area contributed by atoms with Crippen molar-refractivity contribution in [2.75, 3.05) is 0 Å². The van der Waals surface area contributed by atoms with Gasteiger partial charge in [-0.25, -0.2) is 0 Å². The Hall–Kier alpha value is -2.35. The minimum Gasteiger partial charge on any atom is -0.348 e. The zero-order valence-electron chi connectivity index (χ0n) is 11.0. The Labute approximate surface area is 112 Å². The molecule has 19 heavy (non-hydrogen) atoms. The van der Waals surface area contributed by atoms with Crippen molar-refractivity contribution in [3.05, 3.63) is 39.4 Å². The number of terminal acetylenes is 1. The van der Waals surface area contributed by atoms with Crippen LogP contribution in [0.3, 0.4) is 0 Å². The van der Waals surface area contributed by atoms with Crippen LogP contribution in [0.25, 0.3) is 0 Å². The molecule has 100 valence electrons. The van der Waals surface area contributed by atoms with Crippen molar-refractivity contribution in [3.8, 4) is 12.3 Å². The lowest BCUT2D eigenvalue weighted by Gasteiger charge is -2.14. The summed E-state index contributed by atoms with van der Waals surface area (Å²) in [7, 11) is 0. The molecule has 5 nitrogen and oxygen atoms in total. The first-order valence-electron chi connectivity index (χ1n) is 5.98. The summed E-state index contributed by atoms with van der Waals surface area (Å²) in [6.45, 7) is 3.63. The lowest BCUT2D eigenvalue weighted by Crippen LogP contribution is -2.34. The van der Waals surface area contributed by atoms with E-state index in [0.717, 1.165) is 0 Å². The van der Waals surface area contributed by atoms with Gasteiger partial charge in [0.15, 0.2) is 0 Å². The van der Waals surface area contributed by atoms with E-state index in [0.29, 0.717) is 18.4 Å². The van der Waals surface area contributed by atoms with Crippen molar-refractivity contribution < 1.29 is 9.72 Å². The Morgan fingerprint density at radius 2 is 2.21 bits per heavy atom. The number of hydrogen-bond donors (Lipinski definition) is 1. The minimum atomic E-state index is -0.511. The zero-order chi connectivity index (χ0) is 14.4. The van der Waals surface area contributed by atoms with Crippen molar-refractivity contribution in [2.24, 2.45) is 0 Å². The Balaban J connectivity index is 2.93. The summed E-state index contributed by atoms with van der Waals surface area (Å²) in [5.74, 6) is 2.15. The molecule has 1 aromatic rings. The fraction of sp³-hybridized carbons (Fsp3) is 0.357. The molecule has 0 aliphatic rings. The molecule has 1 amide bonds. The Morgan fingerprint density at radius 3 is 2.74 bits per heavy atom. The van der Waals surface area contributed by atoms with E-state index < -0.39 is 4.92 Å². The van der Waals surface area contributed by atoms with E-state index in [1.165, 1.54) is 12.1 Å². The Kier molecular flexibility index (Phi) is 5.07. The summed E-state index contributed by atoms with van der Waals surface area (Å²) in [5.41, 5.74) is 0.863. The van der Waals surface area contributed by atoms with Gasteiger partial charge >= 0.3 is 0 Å². The van der Waals surface area contributed by atoms with Crippen LogP contribution in [0.15, 0.2) is 18.2 Å². The van der Waals surface area contributed by atoms with E-state index in [1.54, 1.807) is 13.0 Å². The first-order chi connectivity index (χ1) is 8.97. The normalized spacial score (nSPS) is 11.4. The van der Waals surface area contributed by atoms with Gasteiger partial charge in [-0.1, -0.05) is 6.92 Å². The van der Waals surface area contributed by atoms with Crippen molar-refractivity contribution in [2.45, 2.75) is 32.7 Å². The van der Waals surface area contributed by atoms with Crippen LogP contribution in [-0.2, 0) is 0 Å². The first kappa shape index (κ1) is 14.7. The molecule has 0 aliphatic carbocycles. The van der Waals surface area contributed by atoms with Crippen molar-refractivity contribution in [1.82, 2.24) is 5.32 Å². The number of benzene rings is 1. The van der Waals surface area contributed by atoms with E-state index >= 15 is 0 Å². The van der Waals surface area contributed by atoms with Crippen LogP contribution in [0.2, 0.25) is 0 Å². The van der Waals surface area contributed by atoms with Crippen LogP contribution in [0.5, 0.6) is 0 Å². The van der Waals surface area contributed by atoms with Gasteiger partial charge in [-0.15, -0.1) is 12.3 Å². The second-order valence-corrected chi connectivity index (χ2v) is 4.30. The average molecular weight is 260 g/mol. The molecule has 0 radical (unpaired) electrons. The lowest BCUT2D eigenvalue weighted by atomic mass is 10.1. The van der Waals surface area contributed by atoms with Gasteiger partial charge < -0.3 is 5.32 Å². The monoisotopic (exact) mass is 260 g/mol. The predicted molar refractivity (Wildman–Crippen MR) is 72.8 cm³/mol. The smallest absolute Gasteiger partial charge is 0.270 e. The Bertz CT molecular complexity index is 532. The average Bonchev–Trinajstić information content (AvgIpc) is 2.37. The number of nitro benzene ring substituents is 1. The molecule has 5 heteroatoms. The van der Waals surface area contributed by atoms with E-state index in [-0.39, 0.29) is 23.2 Å². The van der Waals surface area contributed by atoms with Crippen LogP contribution in [-0.4, -0.2) is 16.9 Å². The van der Waals surface area contributed by atoms with E-state index in [9.17, 15) is 14.9 Å². The molecule has 1 rings (SSSR count). The standard InChI is InChI=1S/C14H16N2O3/c1-4-6-12(5-2)15-14(17)11-7-10(3)8-13(9-11)16(18)19/h1,7-9,12H,5-6H2,2-3H3,(H,15,17). The molecule has 0 aliphatic heterocycles. The lowest BCUT2D eigenvalue weighted by molar-refractivity contribution is -0.384. The fourth-order valence-electron chi connectivity index (χ4n) is 1.71. The summed E-state index contributed by atoms with van der Waals surface area (Å²) in [4.78, 5) is 22.3. The molecule has 0 saturated heterocycles. The quantitative estimate of drug-likeness (QED) is 0.502. The van der Waals surface area contributed by atoms with Crippen LogP contribution >= 0.6 is 0 Å². The maximum Gasteiger partial charge on any atom is 0.270 e. The maximum atomic E-state index is 12.0. The SMILES string of the molecule is C#CCC(CC)NC(=O)c1cc(C)cc([N+](=O)[O-])c1. The first-order valence-corrected chi connectivity index (χ1v) is 5.98. The molecule has 1 N–H and O–H groups in total. The number of nitrogens with one attached hydrogen (secondary N) is 1. The van der Waals surface area contributed by atoms with Gasteiger partial charge in [0.2, 0.25) is 0 Å². The highest BCUT2D eigenvalue weighted by molar-refractivity contribution is 5.95. The molecule has 0 fully saturated rings. The predicted octanol–water partition coefficient (Wildman–Crippen LogP) is 2.43. The van der Waals surface area contributed by atoms with Crippen LogP contribution < -0.4 is 5.32 Å². The third-order valence-electron chi connectivity index (χ3n) is 2.73. The summed E-state index contributed by atoms with van der Waals surface area (Å²) < 4.78 is 0. The van der Waals surface area contributed by atoms with Crippen LogP contribution in [0.4, 0.5) is 5.69 Å². The van der Waals surface area contributed by atoms with Crippen molar-refractivity contribution in [1.29, 1.82) is 0 Å². The third-order valence-corrected chi connectivity index (χ3v) is 2.73. The number of carbonyl (C=O) groups is 1. The number of aryl methyl sites for hydroxylation is 1. The second-order valence-electron chi connectivity index (χ2n) is 4.30. The van der Waals surface area contributed by atoms with E-state index in [1.807, 2.05) is 6.92 Å². The number of rotatable bonds is 5. The summed E-state index contributed by atoms with van der Waals surface area (Å²) in [6, 6.07) is 4.20. The molecule has 0 heterocycles. The summed E-state index contributed by atoms with van der Waals surface area (Å²) in [5, 5.41) is 13.5. The molecule has 0 bridgehead atoms. The number of nitro groups is 1. The topological polar surface area (TPSA) is 72.2 Å². The second kappa shape index (κ2) is 6.55. The van der Waals surface area contributed by atoms with Gasteiger partial charge in [-0.3, -0.25) is 14.9 Å². The van der Waals surface area contributed by atoms with Gasteiger partial charge in [0, 0.05) is 30.2 Å². The number of amides is 1. The van der Waals surface area contributed by atoms with Gasteiger partial charge in [-0.2, -0.15) is 0 Å². The van der Waals surface area contributed by atoms with E-state index in [4.69, 9.17) is 6.42 Å². The van der Waals surface area contributed by atoms with Crippen LogP contribution in [0, 0.1) is 29.4 Å². The maximum absolute atomic E-state index is 12.0. The van der Waals surface area contributed by atoms with E-state index in [2.05, 4.69) is 11.2 Å². The largest absolute Gasteiger partial charge is 0.348 e. The highest BCUT2D eigenvalue weighted by Gasteiger charge is 2.15. The number of carbonyl (C=O) groups excluding carboxylic acids is 1. The molecule has 0 saturated carbocycles. The minimum absolute atomic E-state index is 0.0878. The molecule has 0 aromatic heterocycles. The number of hydrogen-bond acceptors (Lipinski definition) is 3. The highest BCUT2D eigenvalue weighted by atomic mass is 16.6. The molecule has 1 atom stereocenters. The van der Waals surface area contributed by atoms with Crippen molar-refractivity contribution >= 4 is 11.6 Å². The summed E-state index contributed by atoms with van der Waals surface area (Å²) in [6.07, 6.45) is 6.37. The molecular weight excluding hydrogens is 244 g/mol. The molecule has 0 spiro atoms. The van der Waals surface area contributed by atoms with Crippen LogP contribution in [0.1, 0.15) is 35.7 Å². The van der Waals surface area contributed by atoms with Crippen molar-refractivity contribution in [3.63, 3.8) is 0 Å². The molecular formula is C14H16N2O3. The zero-order valence-corrected chi connectivity index (χ0v) is 11.0. The molecule has 1 aromatic carbocycles. The molecule has 1 unspecified atom stereocenters. The van der Waals surface area contributed by atoms with Gasteiger partial charge in [0.05, 0.1) is 4.92 Å². The number of non-ortho nitro benzene ring substituents is 1. The van der Waals surface area contributed by atoms with Gasteiger partial charge in [0.25, 0.3) is 11.6 Å².